The number of aliphatic carboxylic acids is 1. The smallest absolute Gasteiger partial charge is 0.475 e. The van der Waals surface area contributed by atoms with Crippen LogP contribution < -0.4 is 5.73 Å². The van der Waals surface area contributed by atoms with Gasteiger partial charge in [-0.2, -0.15) is 18.2 Å². The Morgan fingerprint density at radius 2 is 2.05 bits per heavy atom. The minimum atomic E-state index is -5.08. The van der Waals surface area contributed by atoms with Crippen molar-refractivity contribution in [3.05, 3.63) is 22.3 Å². The van der Waals surface area contributed by atoms with Crippen molar-refractivity contribution in [3.8, 4) is 0 Å². The number of hydrogen-bond donors (Lipinski definition) is 2. The van der Waals surface area contributed by atoms with E-state index in [1.54, 1.807) is 4.52 Å². The molecule has 19 heavy (non-hydrogen) atoms. The number of hydrogen-bond acceptors (Lipinski definition) is 4. The highest BCUT2D eigenvalue weighted by Crippen LogP contribution is 2.19. The van der Waals surface area contributed by atoms with Gasteiger partial charge < -0.3 is 10.8 Å². The van der Waals surface area contributed by atoms with Crippen molar-refractivity contribution in [2.24, 2.45) is 0 Å². The quantitative estimate of drug-likeness (QED) is 0.765. The fourth-order valence-corrected chi connectivity index (χ4v) is 1.36. The Hall–Kier alpha value is -1.84. The van der Waals surface area contributed by atoms with Crippen molar-refractivity contribution in [1.82, 2.24) is 14.6 Å². The first-order chi connectivity index (χ1) is 8.62. The third-order valence-electron chi connectivity index (χ3n) is 1.95. The molecule has 10 heteroatoms. The molecule has 3 N–H and O–H groups in total. The molecule has 0 atom stereocenters. The van der Waals surface area contributed by atoms with Crippen molar-refractivity contribution < 1.29 is 23.1 Å². The number of fused-ring (bicyclic) bond motifs is 1. The first-order valence-electron chi connectivity index (χ1n) is 4.70. The molecule has 0 spiro atoms. The van der Waals surface area contributed by atoms with Crippen molar-refractivity contribution >= 4 is 33.5 Å². The molecule has 2 aromatic rings. The highest BCUT2D eigenvalue weighted by molar-refractivity contribution is 9.10. The second-order valence-corrected chi connectivity index (χ2v) is 4.18. The minimum absolute atomic E-state index is 0.302. The first kappa shape index (κ1) is 15.2. The summed E-state index contributed by atoms with van der Waals surface area (Å²) < 4.78 is 34.4. The summed E-state index contributed by atoms with van der Waals surface area (Å²) in [6, 6.07) is 1.91. The van der Waals surface area contributed by atoms with Gasteiger partial charge in [-0.15, -0.1) is 5.10 Å². The topological polar surface area (TPSA) is 93.5 Å². The number of aryl methyl sites for hydroxylation is 1. The SMILES string of the molecule is Cc1c(Br)ccn2nc(N)nc12.O=C(O)C(F)(F)F. The third kappa shape index (κ3) is 3.81. The Labute approximate surface area is 113 Å². The Balaban J connectivity index is 0.000000224. The van der Waals surface area contributed by atoms with Crippen molar-refractivity contribution in [3.63, 3.8) is 0 Å². The molecular weight excluding hydrogens is 333 g/mol. The molecule has 0 aromatic carbocycles. The maximum Gasteiger partial charge on any atom is 0.490 e. The van der Waals surface area contributed by atoms with Crippen LogP contribution in [0, 0.1) is 6.92 Å². The number of rotatable bonds is 0. The monoisotopic (exact) mass is 340 g/mol. The van der Waals surface area contributed by atoms with Gasteiger partial charge in [0.25, 0.3) is 0 Å². The lowest BCUT2D eigenvalue weighted by Gasteiger charge is -1.97. The third-order valence-corrected chi connectivity index (χ3v) is 2.80. The van der Waals surface area contributed by atoms with E-state index >= 15 is 0 Å². The maximum absolute atomic E-state index is 10.6. The first-order valence-corrected chi connectivity index (χ1v) is 5.49. The number of anilines is 1. The van der Waals surface area contributed by atoms with Crippen LogP contribution in [0.5, 0.6) is 0 Å². The molecule has 0 fully saturated rings. The molecule has 2 aromatic heterocycles. The second kappa shape index (κ2) is 5.43. The van der Waals surface area contributed by atoms with Crippen LogP contribution in [0.15, 0.2) is 16.7 Å². The van der Waals surface area contributed by atoms with Gasteiger partial charge in [-0.3, -0.25) is 0 Å². The largest absolute Gasteiger partial charge is 0.490 e. The molecule has 104 valence electrons. The van der Waals surface area contributed by atoms with E-state index in [2.05, 4.69) is 26.0 Å². The average molecular weight is 341 g/mol. The summed E-state index contributed by atoms with van der Waals surface area (Å²) in [7, 11) is 0. The molecule has 0 radical (unpaired) electrons. The fourth-order valence-electron chi connectivity index (χ4n) is 1.07. The van der Waals surface area contributed by atoms with Gasteiger partial charge in [0.2, 0.25) is 5.95 Å². The summed E-state index contributed by atoms with van der Waals surface area (Å²) in [6.45, 7) is 1.97. The van der Waals surface area contributed by atoms with Crippen LogP contribution in [0.25, 0.3) is 5.65 Å². The molecule has 0 aliphatic heterocycles. The van der Waals surface area contributed by atoms with Crippen molar-refractivity contribution in [2.75, 3.05) is 5.73 Å². The lowest BCUT2D eigenvalue weighted by molar-refractivity contribution is -0.192. The van der Waals surface area contributed by atoms with E-state index in [-0.39, 0.29) is 0 Å². The number of alkyl halides is 3. The summed E-state index contributed by atoms with van der Waals surface area (Å²) >= 11 is 3.40. The van der Waals surface area contributed by atoms with Crippen LogP contribution in [0.1, 0.15) is 5.56 Å². The van der Waals surface area contributed by atoms with E-state index in [9.17, 15) is 13.2 Å². The Kier molecular flexibility index (Phi) is 4.35. The zero-order valence-corrected chi connectivity index (χ0v) is 11.0. The number of nitrogen functional groups attached to an aromatic ring is 1. The molecule has 2 heterocycles. The molecule has 2 rings (SSSR count). The summed E-state index contributed by atoms with van der Waals surface area (Å²) in [5.74, 6) is -2.45. The number of carbonyl (C=O) groups is 1. The lowest BCUT2D eigenvalue weighted by Crippen LogP contribution is -2.21. The van der Waals surface area contributed by atoms with Crippen LogP contribution >= 0.6 is 15.9 Å². The second-order valence-electron chi connectivity index (χ2n) is 3.33. The van der Waals surface area contributed by atoms with Crippen molar-refractivity contribution in [1.29, 1.82) is 0 Å². The molecule has 6 nitrogen and oxygen atoms in total. The van der Waals surface area contributed by atoms with Crippen molar-refractivity contribution in [2.45, 2.75) is 13.1 Å². The molecule has 0 aliphatic rings. The summed E-state index contributed by atoms with van der Waals surface area (Å²) in [4.78, 5) is 13.0. The van der Waals surface area contributed by atoms with E-state index in [4.69, 9.17) is 15.6 Å². The predicted octanol–water partition coefficient (Wildman–Crippen LogP) is 2.02. The van der Waals surface area contributed by atoms with E-state index in [1.165, 1.54) is 0 Å². The molecule has 0 saturated carbocycles. The Morgan fingerprint density at radius 3 is 2.53 bits per heavy atom. The number of carboxylic acids is 1. The van der Waals surface area contributed by atoms with Crippen LogP contribution in [0.3, 0.4) is 0 Å². The standard InChI is InChI=1S/C7H7BrN4.C2HF3O2/c1-4-5(8)2-3-12-6(4)10-7(9)11-12;3-2(4,5)1(6)7/h2-3H,1H3,(H2,9,11);(H,6,7). The van der Waals surface area contributed by atoms with Gasteiger partial charge >= 0.3 is 12.1 Å². The van der Waals surface area contributed by atoms with Gasteiger partial charge in [0.05, 0.1) is 0 Å². The van der Waals surface area contributed by atoms with Gasteiger partial charge in [0.1, 0.15) is 0 Å². The molecule has 0 unspecified atom stereocenters. The molecular formula is C9H8BrF3N4O2. The van der Waals surface area contributed by atoms with E-state index < -0.39 is 12.1 Å². The van der Waals surface area contributed by atoms with Crippen LogP contribution in [0.4, 0.5) is 19.1 Å². The van der Waals surface area contributed by atoms with Crippen LogP contribution in [-0.4, -0.2) is 31.9 Å². The molecule has 0 saturated heterocycles. The normalized spacial score (nSPS) is 11.0. The number of nitrogens with two attached hydrogens (primary N) is 1. The Bertz CT molecular complexity index is 611. The number of halogens is 4. The predicted molar refractivity (Wildman–Crippen MR) is 63.5 cm³/mol. The van der Waals surface area contributed by atoms with Crippen LogP contribution in [0.2, 0.25) is 0 Å². The van der Waals surface area contributed by atoms with E-state index in [1.807, 2.05) is 19.2 Å². The van der Waals surface area contributed by atoms with Crippen LogP contribution in [-0.2, 0) is 4.79 Å². The summed E-state index contributed by atoms with van der Waals surface area (Å²) in [5.41, 5.74) is 7.29. The zero-order valence-electron chi connectivity index (χ0n) is 9.44. The minimum Gasteiger partial charge on any atom is -0.475 e. The average Bonchev–Trinajstić information content (AvgIpc) is 2.65. The number of aromatic nitrogens is 3. The molecule has 0 amide bonds. The number of nitrogens with zero attached hydrogens (tertiary/aromatic N) is 3. The highest BCUT2D eigenvalue weighted by atomic mass is 79.9. The van der Waals surface area contributed by atoms with Gasteiger partial charge in [-0.05, 0) is 13.0 Å². The summed E-state index contributed by atoms with van der Waals surface area (Å²) in [5, 5.41) is 11.1. The van der Waals surface area contributed by atoms with E-state index in [0.717, 1.165) is 15.7 Å². The molecule has 0 aliphatic carbocycles. The Morgan fingerprint density at radius 1 is 1.53 bits per heavy atom. The van der Waals surface area contributed by atoms with Gasteiger partial charge in [-0.25, -0.2) is 9.31 Å². The zero-order chi connectivity index (χ0) is 14.8. The summed E-state index contributed by atoms with van der Waals surface area (Å²) in [6.07, 6.45) is -3.27. The fraction of sp³-hybridized carbons (Fsp3) is 0.222. The van der Waals surface area contributed by atoms with Gasteiger partial charge in [-0.1, -0.05) is 15.9 Å². The van der Waals surface area contributed by atoms with Gasteiger partial charge in [0.15, 0.2) is 5.65 Å². The molecule has 0 bridgehead atoms. The van der Waals surface area contributed by atoms with E-state index in [0.29, 0.717) is 5.95 Å². The maximum atomic E-state index is 10.6. The number of pyridine rings is 1. The van der Waals surface area contributed by atoms with Gasteiger partial charge in [0, 0.05) is 16.2 Å². The number of carboxylic acid groups (broad SMARTS) is 1. The highest BCUT2D eigenvalue weighted by Gasteiger charge is 2.38. The lowest BCUT2D eigenvalue weighted by atomic mass is 10.3.